The van der Waals surface area contributed by atoms with E-state index in [2.05, 4.69) is 15.6 Å². The first-order valence-electron chi connectivity index (χ1n) is 9.20. The van der Waals surface area contributed by atoms with Crippen LogP contribution in [0.3, 0.4) is 0 Å². The van der Waals surface area contributed by atoms with E-state index < -0.39 is 6.04 Å². The lowest BCUT2D eigenvalue weighted by Gasteiger charge is -2.20. The van der Waals surface area contributed by atoms with Gasteiger partial charge in [-0.1, -0.05) is 18.2 Å². The van der Waals surface area contributed by atoms with Gasteiger partial charge in [0, 0.05) is 42.4 Å². The normalized spacial score (nSPS) is 12.3. The van der Waals surface area contributed by atoms with Gasteiger partial charge in [-0.05, 0) is 37.6 Å². The largest absolute Gasteiger partial charge is 0.469 e. The number of H-pyrrole nitrogens is 1. The molecule has 6 heteroatoms. The van der Waals surface area contributed by atoms with E-state index in [1.807, 2.05) is 50.4 Å². The average molecular weight is 367 g/mol. The molecule has 0 saturated heterocycles. The zero-order valence-electron chi connectivity index (χ0n) is 15.6. The molecule has 1 aromatic carbocycles. The number of fused-ring (bicyclic) bond motifs is 1. The van der Waals surface area contributed by atoms with E-state index in [0.29, 0.717) is 12.8 Å². The number of carbonyl (C=O) groups excluding carboxylic acids is 2. The number of carbonyl (C=O) groups is 2. The van der Waals surface area contributed by atoms with Crippen molar-refractivity contribution in [1.29, 1.82) is 0 Å². The Morgan fingerprint density at radius 3 is 2.67 bits per heavy atom. The third kappa shape index (κ3) is 5.00. The van der Waals surface area contributed by atoms with Gasteiger partial charge in [-0.3, -0.25) is 9.59 Å². The number of hydrogen-bond donors (Lipinski definition) is 3. The van der Waals surface area contributed by atoms with Crippen LogP contribution in [0, 0.1) is 0 Å². The molecule has 27 heavy (non-hydrogen) atoms. The lowest BCUT2D eigenvalue weighted by molar-refractivity contribution is -0.129. The van der Waals surface area contributed by atoms with Crippen LogP contribution in [0.2, 0.25) is 0 Å². The number of hydrogen-bond acceptors (Lipinski definition) is 3. The van der Waals surface area contributed by atoms with Crippen molar-refractivity contribution in [3.8, 4) is 0 Å². The third-order valence-corrected chi connectivity index (χ3v) is 4.36. The van der Waals surface area contributed by atoms with E-state index in [-0.39, 0.29) is 24.3 Å². The number of aryl methyl sites for hydroxylation is 1. The molecule has 1 atom stereocenters. The highest BCUT2D eigenvalue weighted by Gasteiger charge is 2.23. The van der Waals surface area contributed by atoms with Crippen LogP contribution in [0.1, 0.15) is 31.6 Å². The van der Waals surface area contributed by atoms with E-state index in [9.17, 15) is 9.59 Å². The highest BCUT2D eigenvalue weighted by atomic mass is 16.3. The van der Waals surface area contributed by atoms with Gasteiger partial charge in [-0.2, -0.15) is 0 Å². The van der Waals surface area contributed by atoms with E-state index in [0.717, 1.165) is 22.2 Å². The molecule has 0 aliphatic rings. The smallest absolute Gasteiger partial charge is 0.243 e. The molecule has 0 fully saturated rings. The minimum absolute atomic E-state index is 0.00277. The summed E-state index contributed by atoms with van der Waals surface area (Å²) in [5.41, 5.74) is 2.01. The van der Waals surface area contributed by atoms with E-state index in [4.69, 9.17) is 4.42 Å². The van der Waals surface area contributed by atoms with Crippen LogP contribution >= 0.6 is 0 Å². The van der Waals surface area contributed by atoms with Gasteiger partial charge in [0.1, 0.15) is 11.8 Å². The summed E-state index contributed by atoms with van der Waals surface area (Å²) in [5, 5.41) is 6.84. The van der Waals surface area contributed by atoms with Crippen molar-refractivity contribution >= 4 is 22.7 Å². The van der Waals surface area contributed by atoms with Crippen molar-refractivity contribution < 1.29 is 14.0 Å². The highest BCUT2D eigenvalue weighted by molar-refractivity contribution is 5.89. The summed E-state index contributed by atoms with van der Waals surface area (Å²) in [5.74, 6) is 0.404. The van der Waals surface area contributed by atoms with Crippen molar-refractivity contribution in [2.75, 3.05) is 0 Å². The molecule has 0 saturated carbocycles. The number of rotatable bonds is 8. The maximum Gasteiger partial charge on any atom is 0.243 e. The predicted octanol–water partition coefficient (Wildman–Crippen LogP) is 2.95. The summed E-state index contributed by atoms with van der Waals surface area (Å²) in [6.07, 6.45) is 4.69. The fourth-order valence-electron chi connectivity index (χ4n) is 3.07. The van der Waals surface area contributed by atoms with Gasteiger partial charge in [0.15, 0.2) is 0 Å². The second-order valence-electron chi connectivity index (χ2n) is 6.93. The first-order valence-corrected chi connectivity index (χ1v) is 9.20. The fourth-order valence-corrected chi connectivity index (χ4v) is 3.07. The zero-order chi connectivity index (χ0) is 19.2. The van der Waals surface area contributed by atoms with Gasteiger partial charge >= 0.3 is 0 Å². The van der Waals surface area contributed by atoms with E-state index in [1.165, 1.54) is 0 Å². The number of benzene rings is 1. The summed E-state index contributed by atoms with van der Waals surface area (Å²) in [7, 11) is 0. The first kappa shape index (κ1) is 18.8. The molecule has 2 amide bonds. The molecule has 6 nitrogen and oxygen atoms in total. The van der Waals surface area contributed by atoms with Crippen LogP contribution < -0.4 is 10.6 Å². The molecule has 2 aromatic heterocycles. The van der Waals surface area contributed by atoms with Crippen molar-refractivity contribution in [3.05, 3.63) is 60.2 Å². The summed E-state index contributed by atoms with van der Waals surface area (Å²) in [6, 6.07) is 10.9. The third-order valence-electron chi connectivity index (χ3n) is 4.36. The SMILES string of the molecule is CC(C)NC(=O)[C@H](Cc1c[nH]c2ccccc12)NC(=O)CCc1ccco1. The second-order valence-corrected chi connectivity index (χ2v) is 6.93. The molecule has 3 rings (SSSR count). The number of aromatic amines is 1. The van der Waals surface area contributed by atoms with Crippen LogP contribution in [-0.4, -0.2) is 28.9 Å². The molecule has 3 aromatic rings. The number of para-hydroxylation sites is 1. The quantitative estimate of drug-likeness (QED) is 0.572. The number of amides is 2. The lowest BCUT2D eigenvalue weighted by atomic mass is 10.0. The molecule has 0 aliphatic heterocycles. The fraction of sp³-hybridized carbons (Fsp3) is 0.333. The summed E-state index contributed by atoms with van der Waals surface area (Å²) in [6.45, 7) is 3.80. The van der Waals surface area contributed by atoms with Crippen LogP contribution in [-0.2, 0) is 22.4 Å². The Bertz CT molecular complexity index is 896. The minimum atomic E-state index is -0.629. The second kappa shape index (κ2) is 8.58. The van der Waals surface area contributed by atoms with Crippen LogP contribution in [0.5, 0.6) is 0 Å². The Labute approximate surface area is 158 Å². The number of aromatic nitrogens is 1. The molecule has 2 heterocycles. The topological polar surface area (TPSA) is 87.1 Å². The summed E-state index contributed by atoms with van der Waals surface area (Å²) >= 11 is 0. The average Bonchev–Trinajstić information content (AvgIpc) is 3.29. The van der Waals surface area contributed by atoms with Gasteiger partial charge in [0.2, 0.25) is 11.8 Å². The minimum Gasteiger partial charge on any atom is -0.469 e. The van der Waals surface area contributed by atoms with Crippen LogP contribution in [0.15, 0.2) is 53.3 Å². The van der Waals surface area contributed by atoms with Gasteiger partial charge in [0.25, 0.3) is 0 Å². The molecular formula is C21H25N3O3. The number of furan rings is 1. The van der Waals surface area contributed by atoms with E-state index >= 15 is 0 Å². The van der Waals surface area contributed by atoms with Crippen LogP contribution in [0.25, 0.3) is 10.9 Å². The zero-order valence-corrected chi connectivity index (χ0v) is 15.6. The molecule has 0 radical (unpaired) electrons. The first-order chi connectivity index (χ1) is 13.0. The maximum atomic E-state index is 12.6. The van der Waals surface area contributed by atoms with Gasteiger partial charge in [0.05, 0.1) is 6.26 Å². The van der Waals surface area contributed by atoms with E-state index in [1.54, 1.807) is 12.3 Å². The number of nitrogens with one attached hydrogen (secondary N) is 3. The Morgan fingerprint density at radius 2 is 1.93 bits per heavy atom. The summed E-state index contributed by atoms with van der Waals surface area (Å²) in [4.78, 5) is 28.2. The van der Waals surface area contributed by atoms with Gasteiger partial charge in [-0.15, -0.1) is 0 Å². The molecule has 0 bridgehead atoms. The van der Waals surface area contributed by atoms with Crippen molar-refractivity contribution in [2.45, 2.75) is 45.2 Å². The van der Waals surface area contributed by atoms with Gasteiger partial charge in [-0.25, -0.2) is 0 Å². The Morgan fingerprint density at radius 1 is 1.11 bits per heavy atom. The lowest BCUT2D eigenvalue weighted by Crippen LogP contribution is -2.49. The van der Waals surface area contributed by atoms with Crippen LogP contribution in [0.4, 0.5) is 0 Å². The summed E-state index contributed by atoms with van der Waals surface area (Å²) < 4.78 is 5.26. The van der Waals surface area contributed by atoms with Crippen molar-refractivity contribution in [2.24, 2.45) is 0 Å². The highest BCUT2D eigenvalue weighted by Crippen LogP contribution is 2.19. The Hall–Kier alpha value is -3.02. The Kier molecular flexibility index (Phi) is 5.96. The van der Waals surface area contributed by atoms with Crippen molar-refractivity contribution in [3.63, 3.8) is 0 Å². The molecule has 3 N–H and O–H groups in total. The molecule has 142 valence electrons. The van der Waals surface area contributed by atoms with Gasteiger partial charge < -0.3 is 20.0 Å². The molecule has 0 aliphatic carbocycles. The Balaban J connectivity index is 1.70. The molecule has 0 spiro atoms. The predicted molar refractivity (Wildman–Crippen MR) is 104 cm³/mol. The van der Waals surface area contributed by atoms with Crippen molar-refractivity contribution in [1.82, 2.24) is 15.6 Å². The standard InChI is InChI=1S/C21H25N3O3/c1-14(2)23-21(26)19(24-20(25)10-9-16-6-5-11-27-16)12-15-13-22-18-8-4-3-7-17(15)18/h3-8,11,13-14,19,22H,9-10,12H2,1-2H3,(H,23,26)(H,24,25)/t19-/m0/s1. The molecule has 0 unspecified atom stereocenters. The molecular weight excluding hydrogens is 342 g/mol. The maximum absolute atomic E-state index is 12.6. The monoisotopic (exact) mass is 367 g/mol.